The molecule has 3 saturated carbocycles. The third-order valence-corrected chi connectivity index (χ3v) is 4.08. The predicted octanol–water partition coefficient (Wildman–Crippen LogP) is 2.96. The Labute approximate surface area is 65.1 Å². The fourth-order valence-electron chi connectivity index (χ4n) is 2.30. The Morgan fingerprint density at radius 3 is 1.89 bits per heavy atom. The monoisotopic (exact) mass is 188 g/mol. The molecule has 0 N–H and O–H groups in total. The van der Waals surface area contributed by atoms with Crippen LogP contribution in [0.15, 0.2) is 0 Å². The highest BCUT2D eigenvalue weighted by molar-refractivity contribution is 9.09. The molecule has 0 amide bonds. The van der Waals surface area contributed by atoms with Crippen LogP contribution in [0.2, 0.25) is 0 Å². The van der Waals surface area contributed by atoms with Gasteiger partial charge in [0.2, 0.25) is 0 Å². The molecule has 9 heavy (non-hydrogen) atoms. The van der Waals surface area contributed by atoms with E-state index in [-0.39, 0.29) is 0 Å². The lowest BCUT2D eigenvalue weighted by atomic mass is 9.71. The van der Waals surface area contributed by atoms with E-state index in [9.17, 15) is 0 Å². The van der Waals surface area contributed by atoms with Gasteiger partial charge in [-0.1, -0.05) is 28.8 Å². The zero-order valence-electron chi connectivity index (χ0n) is 5.65. The molecule has 0 unspecified atom stereocenters. The van der Waals surface area contributed by atoms with Crippen LogP contribution in [0.5, 0.6) is 0 Å². The van der Waals surface area contributed by atoms with E-state index >= 15 is 0 Å². The molecule has 0 spiro atoms. The van der Waals surface area contributed by atoms with Crippen molar-refractivity contribution in [1.82, 2.24) is 0 Å². The van der Waals surface area contributed by atoms with Crippen LogP contribution in [0.4, 0.5) is 0 Å². The molecule has 0 aromatic rings. The van der Waals surface area contributed by atoms with Crippen molar-refractivity contribution in [3.63, 3.8) is 0 Å². The lowest BCUT2D eigenvalue weighted by Crippen LogP contribution is -2.31. The van der Waals surface area contributed by atoms with E-state index in [2.05, 4.69) is 15.9 Å². The Balaban J connectivity index is 2.06. The summed E-state index contributed by atoms with van der Waals surface area (Å²) in [6, 6.07) is 0. The first-order valence-corrected chi connectivity index (χ1v) is 4.92. The minimum atomic E-state index is 0.880. The number of hydrogen-bond acceptors (Lipinski definition) is 0. The molecule has 1 atom stereocenters. The summed E-state index contributed by atoms with van der Waals surface area (Å²) in [4.78, 5) is 0.880. The molecular weight excluding hydrogens is 176 g/mol. The van der Waals surface area contributed by atoms with Crippen molar-refractivity contribution in [3.8, 4) is 0 Å². The smallest absolute Gasteiger partial charge is 0.0176 e. The van der Waals surface area contributed by atoms with Gasteiger partial charge in [0.05, 0.1) is 0 Å². The summed E-state index contributed by atoms with van der Waals surface area (Å²) in [6.07, 6.45) is 7.51. The molecule has 2 bridgehead atoms. The molecule has 0 aliphatic heterocycles. The lowest BCUT2D eigenvalue weighted by molar-refractivity contribution is 0.187. The fourth-order valence-corrected chi connectivity index (χ4v) is 3.35. The SMILES string of the molecule is Br[C@@H]1CC2CCC1CC2. The Hall–Kier alpha value is 0.480. The topological polar surface area (TPSA) is 0 Å². The Morgan fingerprint density at radius 1 is 1.00 bits per heavy atom. The maximum atomic E-state index is 3.75. The molecule has 1 heteroatoms. The number of fused-ring (bicyclic) bond motifs is 3. The van der Waals surface area contributed by atoms with Crippen LogP contribution in [0, 0.1) is 11.8 Å². The average molecular weight is 189 g/mol. The third-order valence-electron chi connectivity index (χ3n) is 2.96. The van der Waals surface area contributed by atoms with Crippen LogP contribution >= 0.6 is 15.9 Å². The summed E-state index contributed by atoms with van der Waals surface area (Å²) in [5.74, 6) is 2.12. The molecule has 3 aliphatic carbocycles. The van der Waals surface area contributed by atoms with Gasteiger partial charge in [0.1, 0.15) is 0 Å². The van der Waals surface area contributed by atoms with Gasteiger partial charge >= 0.3 is 0 Å². The Kier molecular flexibility index (Phi) is 1.56. The summed E-state index contributed by atoms with van der Waals surface area (Å²) < 4.78 is 0. The number of hydrogen-bond donors (Lipinski definition) is 0. The van der Waals surface area contributed by atoms with Crippen molar-refractivity contribution in [3.05, 3.63) is 0 Å². The molecule has 0 aromatic carbocycles. The standard InChI is InChI=1S/C8H13Br/c9-8-5-6-1-3-7(8)4-2-6/h6-8H,1-5H2/t6?,7?,8-/m1/s1. The van der Waals surface area contributed by atoms with E-state index in [1.807, 2.05) is 0 Å². The minimum absolute atomic E-state index is 0.880. The highest BCUT2D eigenvalue weighted by Crippen LogP contribution is 2.44. The van der Waals surface area contributed by atoms with Gasteiger partial charge in [-0.3, -0.25) is 0 Å². The van der Waals surface area contributed by atoms with Crippen molar-refractivity contribution >= 4 is 15.9 Å². The van der Waals surface area contributed by atoms with Crippen molar-refractivity contribution in [2.24, 2.45) is 11.8 Å². The molecule has 3 fully saturated rings. The molecule has 52 valence electrons. The van der Waals surface area contributed by atoms with Crippen LogP contribution in [-0.4, -0.2) is 4.83 Å². The van der Waals surface area contributed by atoms with Crippen molar-refractivity contribution in [1.29, 1.82) is 0 Å². The normalized spacial score (nSPS) is 49.7. The van der Waals surface area contributed by atoms with Gasteiger partial charge in [-0.2, -0.15) is 0 Å². The van der Waals surface area contributed by atoms with Gasteiger partial charge in [-0.15, -0.1) is 0 Å². The molecular formula is C8H13Br. The second-order valence-corrected chi connectivity index (χ2v) is 4.71. The maximum absolute atomic E-state index is 3.75. The number of alkyl halides is 1. The van der Waals surface area contributed by atoms with Gasteiger partial charge in [0.25, 0.3) is 0 Å². The summed E-state index contributed by atoms with van der Waals surface area (Å²) in [6.45, 7) is 0. The quantitative estimate of drug-likeness (QED) is 0.514. The van der Waals surface area contributed by atoms with E-state index in [1.54, 1.807) is 0 Å². The zero-order chi connectivity index (χ0) is 6.27. The van der Waals surface area contributed by atoms with Crippen LogP contribution in [0.25, 0.3) is 0 Å². The largest absolute Gasteiger partial charge is 0.0888 e. The summed E-state index contributed by atoms with van der Waals surface area (Å²) in [5, 5.41) is 0. The van der Waals surface area contributed by atoms with Gasteiger partial charge in [0.15, 0.2) is 0 Å². The molecule has 0 radical (unpaired) electrons. The van der Waals surface area contributed by atoms with Crippen molar-refractivity contribution in [2.45, 2.75) is 36.9 Å². The second-order valence-electron chi connectivity index (χ2n) is 3.53. The second kappa shape index (κ2) is 2.26. The minimum Gasteiger partial charge on any atom is -0.0888 e. The van der Waals surface area contributed by atoms with E-state index < -0.39 is 0 Å². The van der Waals surface area contributed by atoms with Gasteiger partial charge in [-0.25, -0.2) is 0 Å². The predicted molar refractivity (Wildman–Crippen MR) is 42.8 cm³/mol. The Morgan fingerprint density at radius 2 is 1.67 bits per heavy atom. The van der Waals surface area contributed by atoms with Gasteiger partial charge in [0, 0.05) is 4.83 Å². The first-order valence-electron chi connectivity index (χ1n) is 4.00. The third kappa shape index (κ3) is 1.04. The molecule has 0 nitrogen and oxygen atoms in total. The highest BCUT2D eigenvalue weighted by atomic mass is 79.9. The summed E-state index contributed by atoms with van der Waals surface area (Å²) >= 11 is 3.75. The summed E-state index contributed by atoms with van der Waals surface area (Å²) in [7, 11) is 0. The van der Waals surface area contributed by atoms with Crippen LogP contribution in [0.3, 0.4) is 0 Å². The van der Waals surface area contributed by atoms with Gasteiger partial charge < -0.3 is 0 Å². The molecule has 0 saturated heterocycles. The summed E-state index contributed by atoms with van der Waals surface area (Å²) in [5.41, 5.74) is 0. The molecule has 3 rings (SSSR count). The molecule has 0 heterocycles. The van der Waals surface area contributed by atoms with E-state index in [0.717, 1.165) is 16.7 Å². The average Bonchev–Trinajstić information content (AvgIpc) is 1.90. The van der Waals surface area contributed by atoms with Crippen LogP contribution in [0.1, 0.15) is 32.1 Å². The number of rotatable bonds is 0. The van der Waals surface area contributed by atoms with Crippen molar-refractivity contribution in [2.75, 3.05) is 0 Å². The van der Waals surface area contributed by atoms with Crippen molar-refractivity contribution < 1.29 is 0 Å². The Bertz CT molecular complexity index is 103. The number of halogens is 1. The first-order chi connectivity index (χ1) is 4.36. The van der Waals surface area contributed by atoms with Crippen LogP contribution in [-0.2, 0) is 0 Å². The van der Waals surface area contributed by atoms with E-state index in [1.165, 1.54) is 32.1 Å². The first kappa shape index (κ1) is 6.21. The highest BCUT2D eigenvalue weighted by Gasteiger charge is 2.33. The van der Waals surface area contributed by atoms with E-state index in [0.29, 0.717) is 0 Å². The zero-order valence-corrected chi connectivity index (χ0v) is 7.23. The lowest BCUT2D eigenvalue weighted by Gasteiger charge is -2.39. The molecule has 3 aliphatic rings. The van der Waals surface area contributed by atoms with E-state index in [4.69, 9.17) is 0 Å². The molecule has 0 aromatic heterocycles. The van der Waals surface area contributed by atoms with Crippen LogP contribution < -0.4 is 0 Å². The van der Waals surface area contributed by atoms with Gasteiger partial charge in [-0.05, 0) is 31.1 Å². The fraction of sp³-hybridized carbons (Fsp3) is 1.00. The maximum Gasteiger partial charge on any atom is 0.0176 e.